The summed E-state index contributed by atoms with van der Waals surface area (Å²) < 4.78 is 1.88. The van der Waals surface area contributed by atoms with Crippen molar-refractivity contribution in [2.24, 2.45) is 0 Å². The van der Waals surface area contributed by atoms with E-state index in [2.05, 4.69) is 26.7 Å². The number of fused-ring (bicyclic) bond motifs is 1. The van der Waals surface area contributed by atoms with Crippen LogP contribution in [-0.2, 0) is 6.42 Å². The molecule has 4 rings (SSSR count). The second kappa shape index (κ2) is 7.77. The van der Waals surface area contributed by atoms with E-state index < -0.39 is 0 Å². The van der Waals surface area contributed by atoms with Crippen molar-refractivity contribution in [2.45, 2.75) is 19.8 Å². The summed E-state index contributed by atoms with van der Waals surface area (Å²) in [5, 5.41) is 23.3. The van der Waals surface area contributed by atoms with E-state index in [1.54, 1.807) is 0 Å². The Morgan fingerprint density at radius 2 is 2.21 bits per heavy atom. The topological polar surface area (TPSA) is 127 Å². The largest absolute Gasteiger partial charge is 0.351 e. The van der Waals surface area contributed by atoms with Crippen molar-refractivity contribution in [3.8, 4) is 11.8 Å². The number of para-hydroxylation sites is 1. The number of hydrogen-bond acceptors (Lipinski definition) is 5. The molecule has 3 heterocycles. The van der Waals surface area contributed by atoms with Gasteiger partial charge < -0.3 is 5.32 Å². The van der Waals surface area contributed by atoms with Gasteiger partial charge in [-0.1, -0.05) is 18.2 Å². The Bertz CT molecular complexity index is 1210. The smallest absolute Gasteiger partial charge is 0.308 e. The average Bonchev–Trinajstić information content (AvgIpc) is 3.40. The number of aromatic nitrogens is 4. The Morgan fingerprint density at radius 3 is 2.97 bits per heavy atom. The Labute approximate surface area is 171 Å². The third kappa shape index (κ3) is 3.58. The third-order valence-electron chi connectivity index (χ3n) is 4.69. The van der Waals surface area contributed by atoms with Gasteiger partial charge in [-0.05, 0) is 38.0 Å². The highest BCUT2D eigenvalue weighted by atomic mass is 32.1. The molecule has 9 heteroatoms. The first-order valence-corrected chi connectivity index (χ1v) is 10.0. The van der Waals surface area contributed by atoms with Crippen molar-refractivity contribution in [2.75, 3.05) is 12.3 Å². The Morgan fingerprint density at radius 1 is 1.41 bits per heavy atom. The number of nitrogens with one attached hydrogen (secondary N) is 3. The molecule has 4 aromatic rings. The van der Waals surface area contributed by atoms with E-state index in [0.717, 1.165) is 27.3 Å². The van der Waals surface area contributed by atoms with Crippen LogP contribution in [0.3, 0.4) is 0 Å². The predicted molar refractivity (Wildman–Crippen MR) is 111 cm³/mol. The van der Waals surface area contributed by atoms with Gasteiger partial charge in [-0.25, -0.2) is 9.78 Å². The molecular formula is C20H20N7OS+. The van der Waals surface area contributed by atoms with E-state index in [1.165, 1.54) is 11.3 Å². The number of rotatable bonds is 6. The second-order valence-corrected chi connectivity index (χ2v) is 7.68. The number of H-pyrrole nitrogens is 2. The molecule has 0 aliphatic rings. The van der Waals surface area contributed by atoms with Crippen LogP contribution in [-0.4, -0.2) is 27.3 Å². The fourth-order valence-electron chi connectivity index (χ4n) is 3.20. The van der Waals surface area contributed by atoms with Crippen LogP contribution in [0.1, 0.15) is 33.0 Å². The van der Waals surface area contributed by atoms with E-state index in [4.69, 9.17) is 11.0 Å². The van der Waals surface area contributed by atoms with Crippen molar-refractivity contribution in [1.29, 1.82) is 5.26 Å². The fraction of sp³-hybridized carbons (Fsp3) is 0.200. The molecule has 0 unspecified atom stereocenters. The number of anilines is 1. The van der Waals surface area contributed by atoms with Crippen molar-refractivity contribution in [1.82, 2.24) is 20.2 Å². The van der Waals surface area contributed by atoms with Gasteiger partial charge in [0.1, 0.15) is 10.9 Å². The van der Waals surface area contributed by atoms with Crippen LogP contribution in [0.4, 0.5) is 5.82 Å². The molecule has 0 aliphatic heterocycles. The molecule has 8 nitrogen and oxygen atoms in total. The maximum absolute atomic E-state index is 12.6. The molecule has 0 radical (unpaired) electrons. The standard InChI is InChI=1S/C20H19N7OS/c1-12-14-10-17(29-20(14)27(26-12)13-6-3-2-4-7-13)19(28)23-9-5-8-16-15(11-21)18(22)25-24-16/h2-4,6-7,10H,5,8-9H2,1H3,(H,23,28)(H3,22,24,25)/p+1. The minimum absolute atomic E-state index is 0.108. The highest BCUT2D eigenvalue weighted by Crippen LogP contribution is 2.30. The zero-order chi connectivity index (χ0) is 20.4. The van der Waals surface area contributed by atoms with Crippen LogP contribution in [0.15, 0.2) is 36.4 Å². The molecule has 146 valence electrons. The lowest BCUT2D eigenvalue weighted by molar-refractivity contribution is -0.434. The predicted octanol–water partition coefficient (Wildman–Crippen LogP) is 2.35. The number of nitrogens with zero attached hydrogens (tertiary/aromatic N) is 3. The van der Waals surface area contributed by atoms with Crippen molar-refractivity contribution < 1.29 is 9.89 Å². The molecule has 0 spiro atoms. The number of nitrogen functional groups attached to an aromatic ring is 1. The summed E-state index contributed by atoms with van der Waals surface area (Å²) in [6.07, 6.45) is 1.31. The van der Waals surface area contributed by atoms with Gasteiger partial charge in [0.25, 0.3) is 5.91 Å². The van der Waals surface area contributed by atoms with E-state index >= 15 is 0 Å². The number of thiophene rings is 1. The van der Waals surface area contributed by atoms with E-state index in [0.29, 0.717) is 35.6 Å². The van der Waals surface area contributed by atoms with Gasteiger partial charge in [0.05, 0.1) is 22.0 Å². The second-order valence-electron chi connectivity index (χ2n) is 6.65. The van der Waals surface area contributed by atoms with Gasteiger partial charge in [-0.2, -0.15) is 15.5 Å². The van der Waals surface area contributed by atoms with Gasteiger partial charge in [-0.3, -0.25) is 10.5 Å². The Kier molecular flexibility index (Phi) is 5.01. The van der Waals surface area contributed by atoms with Crippen LogP contribution in [0.2, 0.25) is 0 Å². The van der Waals surface area contributed by atoms with Crippen molar-refractivity contribution >= 4 is 33.3 Å². The number of nitriles is 1. The molecule has 0 aliphatic carbocycles. The van der Waals surface area contributed by atoms with Crippen LogP contribution < -0.4 is 16.1 Å². The van der Waals surface area contributed by atoms with Crippen LogP contribution in [0.5, 0.6) is 0 Å². The number of amides is 1. The summed E-state index contributed by atoms with van der Waals surface area (Å²) in [5.74, 6) is 0.225. The molecule has 1 aromatic carbocycles. The van der Waals surface area contributed by atoms with Gasteiger partial charge in [0.2, 0.25) is 0 Å². The van der Waals surface area contributed by atoms with Gasteiger partial charge >= 0.3 is 5.82 Å². The Balaban J connectivity index is 1.43. The molecule has 0 bridgehead atoms. The maximum atomic E-state index is 12.6. The number of aryl methyl sites for hydroxylation is 2. The molecule has 0 fully saturated rings. The maximum Gasteiger partial charge on any atom is 0.308 e. The highest BCUT2D eigenvalue weighted by molar-refractivity contribution is 7.20. The highest BCUT2D eigenvalue weighted by Gasteiger charge is 2.17. The zero-order valence-electron chi connectivity index (χ0n) is 15.8. The molecule has 1 amide bonds. The SMILES string of the molecule is Cc1nn(-c2ccccc2)c2sc(C(=O)NCCCc3[nH][nH+]c(N)c3C#N)cc12. The average molecular weight is 406 g/mol. The molecule has 0 saturated carbocycles. The third-order valence-corrected chi connectivity index (χ3v) is 5.80. The minimum atomic E-state index is -0.108. The first kappa shape index (κ1) is 18.7. The summed E-state index contributed by atoms with van der Waals surface area (Å²) in [6, 6.07) is 13.8. The summed E-state index contributed by atoms with van der Waals surface area (Å²) in [6.45, 7) is 2.45. The minimum Gasteiger partial charge on any atom is -0.351 e. The summed E-state index contributed by atoms with van der Waals surface area (Å²) in [5.41, 5.74) is 8.73. The van der Waals surface area contributed by atoms with Gasteiger partial charge in [0.15, 0.2) is 5.56 Å². The molecule has 0 atom stereocenters. The molecule has 0 saturated heterocycles. The van der Waals surface area contributed by atoms with E-state index in [-0.39, 0.29) is 5.91 Å². The quantitative estimate of drug-likeness (QED) is 0.425. The number of aromatic amines is 2. The van der Waals surface area contributed by atoms with Crippen molar-refractivity contribution in [3.05, 3.63) is 58.2 Å². The fourth-order valence-corrected chi connectivity index (χ4v) is 4.30. The number of nitrogens with two attached hydrogens (primary N) is 1. The van der Waals surface area contributed by atoms with Crippen LogP contribution >= 0.6 is 11.3 Å². The van der Waals surface area contributed by atoms with Crippen LogP contribution in [0, 0.1) is 18.3 Å². The zero-order valence-corrected chi connectivity index (χ0v) is 16.6. The van der Waals surface area contributed by atoms with Crippen molar-refractivity contribution in [3.63, 3.8) is 0 Å². The first-order valence-electron chi connectivity index (χ1n) is 9.19. The molecule has 3 aromatic heterocycles. The van der Waals surface area contributed by atoms with E-state index in [1.807, 2.05) is 48.0 Å². The Hall–Kier alpha value is -3.64. The lowest BCUT2D eigenvalue weighted by Gasteiger charge is -2.03. The van der Waals surface area contributed by atoms with Gasteiger partial charge in [-0.15, -0.1) is 11.3 Å². The van der Waals surface area contributed by atoms with Gasteiger partial charge in [0, 0.05) is 11.9 Å². The summed E-state index contributed by atoms with van der Waals surface area (Å²) in [7, 11) is 0. The lowest BCUT2D eigenvalue weighted by Crippen LogP contribution is -2.24. The van der Waals surface area contributed by atoms with Crippen LogP contribution in [0.25, 0.3) is 15.9 Å². The lowest BCUT2D eigenvalue weighted by atomic mass is 10.1. The van der Waals surface area contributed by atoms with E-state index in [9.17, 15) is 4.79 Å². The first-order chi connectivity index (χ1) is 14.1. The normalized spacial score (nSPS) is 10.9. The summed E-state index contributed by atoms with van der Waals surface area (Å²) in [4.78, 5) is 14.2. The summed E-state index contributed by atoms with van der Waals surface area (Å²) >= 11 is 1.43. The monoisotopic (exact) mass is 406 g/mol. The number of hydrogen-bond donors (Lipinski definition) is 3. The number of carbonyl (C=O) groups excluding carboxylic acids is 1. The molecular weight excluding hydrogens is 386 g/mol. The number of carbonyl (C=O) groups is 1. The molecule has 5 N–H and O–H groups in total. The molecule has 29 heavy (non-hydrogen) atoms. The number of benzene rings is 1.